The number of piperidine rings is 1. The summed E-state index contributed by atoms with van der Waals surface area (Å²) in [5, 5.41) is 2.81. The van der Waals surface area contributed by atoms with Crippen LogP contribution in [0.15, 0.2) is 24.4 Å². The van der Waals surface area contributed by atoms with Gasteiger partial charge >= 0.3 is 0 Å². The van der Waals surface area contributed by atoms with Gasteiger partial charge in [-0.05, 0) is 49.4 Å². The van der Waals surface area contributed by atoms with Gasteiger partial charge in [-0.15, -0.1) is 0 Å². The Hall–Kier alpha value is -2.19. The smallest absolute Gasteiger partial charge is 0.272 e. The van der Waals surface area contributed by atoms with Crippen LogP contribution >= 0.6 is 11.7 Å². The van der Waals surface area contributed by atoms with E-state index in [-0.39, 0.29) is 5.91 Å². The van der Waals surface area contributed by atoms with Crippen LogP contribution in [0.3, 0.4) is 0 Å². The Morgan fingerprint density at radius 3 is 3.04 bits per heavy atom. The van der Waals surface area contributed by atoms with Crippen molar-refractivity contribution in [1.29, 1.82) is 0 Å². The molecule has 7 nitrogen and oxygen atoms in total. The van der Waals surface area contributed by atoms with Crippen molar-refractivity contribution in [3.63, 3.8) is 0 Å². The van der Waals surface area contributed by atoms with Crippen molar-refractivity contribution in [3.8, 4) is 11.5 Å². The fourth-order valence-corrected chi connectivity index (χ4v) is 3.84. The fraction of sp³-hybridized carbons (Fsp3) is 0.550. The van der Waals surface area contributed by atoms with Gasteiger partial charge in [-0.2, -0.15) is 8.75 Å². The van der Waals surface area contributed by atoms with Crippen LogP contribution in [0.5, 0.6) is 11.5 Å². The lowest BCUT2D eigenvalue weighted by atomic mass is 10.00. The molecule has 1 aliphatic rings. The van der Waals surface area contributed by atoms with E-state index in [1.54, 1.807) is 7.11 Å². The monoisotopic (exact) mass is 404 g/mol. The summed E-state index contributed by atoms with van der Waals surface area (Å²) in [6.45, 7) is 6.59. The first-order chi connectivity index (χ1) is 13.7. The number of hydrogen-bond donors (Lipinski definition) is 1. The van der Waals surface area contributed by atoms with E-state index < -0.39 is 0 Å². The molecule has 2 aromatic rings. The third-order valence-electron chi connectivity index (χ3n) is 4.83. The number of benzene rings is 1. The number of likely N-dealkylation sites (tertiary alicyclic amines) is 1. The number of nitrogens with zero attached hydrogens (tertiary/aromatic N) is 3. The molecule has 0 saturated carbocycles. The van der Waals surface area contributed by atoms with Crippen LogP contribution in [0, 0.1) is 5.92 Å². The number of nitrogens with one attached hydrogen (secondary N) is 1. The van der Waals surface area contributed by atoms with Crippen LogP contribution in [0.4, 0.5) is 0 Å². The van der Waals surface area contributed by atoms with E-state index in [1.165, 1.54) is 24.6 Å². The van der Waals surface area contributed by atoms with Crippen molar-refractivity contribution in [2.24, 2.45) is 5.92 Å². The highest BCUT2D eigenvalue weighted by Crippen LogP contribution is 2.29. The standard InChI is InChI=1S/C20H28N4O3S/c1-15-5-3-9-24(13-15)14-16-6-7-18(19(11-16)26-2)27-10-4-8-21-20(25)17-12-22-28-23-17/h6-7,11-12,15H,3-5,8-10,13-14H2,1-2H3,(H,21,25). The predicted octanol–water partition coefficient (Wildman–Crippen LogP) is 2.98. The van der Waals surface area contributed by atoms with Gasteiger partial charge in [0.25, 0.3) is 5.91 Å². The van der Waals surface area contributed by atoms with Gasteiger partial charge in [-0.1, -0.05) is 13.0 Å². The lowest BCUT2D eigenvalue weighted by molar-refractivity contribution is 0.0947. The highest BCUT2D eigenvalue weighted by molar-refractivity contribution is 6.99. The van der Waals surface area contributed by atoms with E-state index >= 15 is 0 Å². The lowest BCUT2D eigenvalue weighted by Gasteiger charge is -2.30. The molecule has 0 spiro atoms. The average molecular weight is 405 g/mol. The summed E-state index contributed by atoms with van der Waals surface area (Å²) >= 11 is 1.02. The molecule has 1 saturated heterocycles. The molecule has 1 amide bonds. The van der Waals surface area contributed by atoms with Crippen LogP contribution in [-0.4, -0.2) is 52.9 Å². The first kappa shape index (κ1) is 20.5. The van der Waals surface area contributed by atoms with Crippen LogP contribution in [-0.2, 0) is 6.54 Å². The minimum atomic E-state index is -0.206. The van der Waals surface area contributed by atoms with Gasteiger partial charge < -0.3 is 14.8 Å². The molecule has 1 aromatic carbocycles. The average Bonchev–Trinajstić information content (AvgIpc) is 3.23. The summed E-state index contributed by atoms with van der Waals surface area (Å²) in [7, 11) is 1.66. The number of amides is 1. The molecule has 8 heteroatoms. The summed E-state index contributed by atoms with van der Waals surface area (Å²) < 4.78 is 19.1. The maximum absolute atomic E-state index is 11.8. The van der Waals surface area contributed by atoms with E-state index in [1.807, 2.05) is 6.07 Å². The van der Waals surface area contributed by atoms with Gasteiger partial charge in [0, 0.05) is 19.6 Å². The third-order valence-corrected chi connectivity index (χ3v) is 5.31. The SMILES string of the molecule is COc1cc(CN2CCCC(C)C2)ccc1OCCCNC(=O)c1cnsn1. The molecule has 1 fully saturated rings. The van der Waals surface area contributed by atoms with E-state index in [4.69, 9.17) is 9.47 Å². The number of hydrogen-bond acceptors (Lipinski definition) is 7. The number of rotatable bonds is 9. The third kappa shape index (κ3) is 5.90. The largest absolute Gasteiger partial charge is 0.493 e. The maximum atomic E-state index is 11.8. The maximum Gasteiger partial charge on any atom is 0.272 e. The minimum absolute atomic E-state index is 0.206. The zero-order chi connectivity index (χ0) is 19.8. The van der Waals surface area contributed by atoms with Gasteiger partial charge in [-0.25, -0.2) is 0 Å². The molecule has 1 N–H and O–H groups in total. The molecule has 2 heterocycles. The Labute approximate surface area is 170 Å². The van der Waals surface area contributed by atoms with E-state index in [0.717, 1.165) is 48.8 Å². The molecule has 0 aliphatic carbocycles. The molecule has 1 atom stereocenters. The van der Waals surface area contributed by atoms with E-state index in [0.29, 0.717) is 25.3 Å². The molecular formula is C20H28N4O3S. The van der Waals surface area contributed by atoms with Gasteiger partial charge in [0.15, 0.2) is 17.2 Å². The predicted molar refractivity (Wildman–Crippen MR) is 109 cm³/mol. The molecule has 28 heavy (non-hydrogen) atoms. The second kappa shape index (κ2) is 10.4. The molecule has 152 valence electrons. The molecule has 3 rings (SSSR count). The fourth-order valence-electron chi connectivity index (χ4n) is 3.43. The molecular weight excluding hydrogens is 376 g/mol. The van der Waals surface area contributed by atoms with Gasteiger partial charge in [0.2, 0.25) is 0 Å². The van der Waals surface area contributed by atoms with Gasteiger partial charge in [-0.3, -0.25) is 9.69 Å². The molecule has 1 aromatic heterocycles. The van der Waals surface area contributed by atoms with Gasteiger partial charge in [0.1, 0.15) is 0 Å². The van der Waals surface area contributed by atoms with Gasteiger partial charge in [0.05, 0.1) is 31.6 Å². The van der Waals surface area contributed by atoms with Crippen LogP contribution in [0.2, 0.25) is 0 Å². The Kier molecular flexibility index (Phi) is 7.62. The Morgan fingerprint density at radius 1 is 1.39 bits per heavy atom. The summed E-state index contributed by atoms with van der Waals surface area (Å²) in [5.41, 5.74) is 1.59. The van der Waals surface area contributed by atoms with E-state index in [2.05, 4.69) is 38.0 Å². The zero-order valence-electron chi connectivity index (χ0n) is 16.5. The van der Waals surface area contributed by atoms with Crippen LogP contribution < -0.4 is 14.8 Å². The van der Waals surface area contributed by atoms with Crippen molar-refractivity contribution in [2.75, 3.05) is 33.4 Å². The van der Waals surface area contributed by atoms with Crippen molar-refractivity contribution in [1.82, 2.24) is 19.0 Å². The number of aromatic nitrogens is 2. The summed E-state index contributed by atoms with van der Waals surface area (Å²) in [5.74, 6) is 2.04. The minimum Gasteiger partial charge on any atom is -0.493 e. The second-order valence-corrected chi connectivity index (χ2v) is 7.78. The normalized spacial score (nSPS) is 17.3. The molecule has 0 radical (unpaired) electrons. The summed E-state index contributed by atoms with van der Waals surface area (Å²) in [4.78, 5) is 14.3. The van der Waals surface area contributed by atoms with Crippen molar-refractivity contribution < 1.29 is 14.3 Å². The van der Waals surface area contributed by atoms with E-state index in [9.17, 15) is 4.79 Å². The van der Waals surface area contributed by atoms with Crippen molar-refractivity contribution in [2.45, 2.75) is 32.7 Å². The highest BCUT2D eigenvalue weighted by atomic mass is 32.1. The first-order valence-electron chi connectivity index (χ1n) is 9.73. The first-order valence-corrected chi connectivity index (χ1v) is 10.5. The number of methoxy groups -OCH3 is 1. The molecule has 0 bridgehead atoms. The Bertz CT molecular complexity index is 754. The highest BCUT2D eigenvalue weighted by Gasteiger charge is 2.17. The Morgan fingerprint density at radius 2 is 2.29 bits per heavy atom. The number of carbonyl (C=O) groups excluding carboxylic acids is 1. The Balaban J connectivity index is 1.44. The number of ether oxygens (including phenoxy) is 2. The second-order valence-electron chi connectivity index (χ2n) is 7.22. The zero-order valence-corrected chi connectivity index (χ0v) is 17.3. The van der Waals surface area contributed by atoms with Crippen LogP contribution in [0.25, 0.3) is 0 Å². The lowest BCUT2D eigenvalue weighted by Crippen LogP contribution is -2.33. The molecule has 1 unspecified atom stereocenters. The molecule has 1 aliphatic heterocycles. The topological polar surface area (TPSA) is 76.6 Å². The number of carbonyl (C=O) groups is 1. The van der Waals surface area contributed by atoms with Crippen molar-refractivity contribution >= 4 is 17.6 Å². The van der Waals surface area contributed by atoms with Crippen LogP contribution in [0.1, 0.15) is 42.2 Å². The van der Waals surface area contributed by atoms with Crippen molar-refractivity contribution in [3.05, 3.63) is 35.7 Å². The summed E-state index contributed by atoms with van der Waals surface area (Å²) in [6, 6.07) is 6.14. The summed E-state index contributed by atoms with van der Waals surface area (Å²) in [6.07, 6.45) is 4.76. The quantitative estimate of drug-likeness (QED) is 0.648.